The van der Waals surface area contributed by atoms with Crippen molar-refractivity contribution in [1.29, 1.82) is 0 Å². The molecular formula is C23H20N2O3S. The Kier molecular flexibility index (Phi) is 4.58. The summed E-state index contributed by atoms with van der Waals surface area (Å²) in [6, 6.07) is 19.1. The standard InChI is InChI=1S/C23H20N2O3S/c26-18-7-5-15(6-8-18)13-25-9-10-28-22-17(14-25)11-16(12-20(22)27)23-24-19-3-1-2-4-21(19)29-23/h1-8,11-12,26-27H,9-10,13-14H2. The van der Waals surface area contributed by atoms with Gasteiger partial charge in [0.1, 0.15) is 17.4 Å². The number of phenols is 2. The van der Waals surface area contributed by atoms with Gasteiger partial charge < -0.3 is 14.9 Å². The molecule has 0 spiro atoms. The van der Waals surface area contributed by atoms with Crippen molar-refractivity contribution in [3.05, 3.63) is 71.8 Å². The number of aromatic hydroxyl groups is 2. The van der Waals surface area contributed by atoms with Crippen LogP contribution >= 0.6 is 11.3 Å². The van der Waals surface area contributed by atoms with E-state index in [0.717, 1.165) is 45.0 Å². The number of nitrogens with zero attached hydrogens (tertiary/aromatic N) is 2. The molecule has 0 bridgehead atoms. The zero-order valence-electron chi connectivity index (χ0n) is 15.7. The largest absolute Gasteiger partial charge is 0.508 e. The molecule has 3 aromatic carbocycles. The third kappa shape index (κ3) is 3.64. The average Bonchev–Trinajstić information content (AvgIpc) is 3.05. The van der Waals surface area contributed by atoms with Gasteiger partial charge in [-0.2, -0.15) is 0 Å². The highest BCUT2D eigenvalue weighted by molar-refractivity contribution is 7.21. The molecule has 2 heterocycles. The number of fused-ring (bicyclic) bond motifs is 2. The normalized spacial score (nSPS) is 14.3. The van der Waals surface area contributed by atoms with Gasteiger partial charge in [0.15, 0.2) is 11.5 Å². The lowest BCUT2D eigenvalue weighted by Crippen LogP contribution is -2.25. The molecule has 5 nitrogen and oxygen atoms in total. The van der Waals surface area contributed by atoms with Crippen LogP contribution in [-0.4, -0.2) is 33.2 Å². The van der Waals surface area contributed by atoms with E-state index in [9.17, 15) is 10.2 Å². The molecule has 1 aliphatic rings. The lowest BCUT2D eigenvalue weighted by Gasteiger charge is -2.19. The first-order valence-electron chi connectivity index (χ1n) is 9.50. The summed E-state index contributed by atoms with van der Waals surface area (Å²) in [5.74, 6) is 0.981. The number of rotatable bonds is 3. The number of hydrogen-bond donors (Lipinski definition) is 2. The van der Waals surface area contributed by atoms with Crippen LogP contribution in [0.2, 0.25) is 0 Å². The van der Waals surface area contributed by atoms with Crippen LogP contribution in [0.1, 0.15) is 11.1 Å². The quantitative estimate of drug-likeness (QED) is 0.515. The second-order valence-corrected chi connectivity index (χ2v) is 8.23. The molecule has 6 heteroatoms. The number of aromatic nitrogens is 1. The Morgan fingerprint density at radius 3 is 2.69 bits per heavy atom. The Bertz CT molecular complexity index is 1140. The van der Waals surface area contributed by atoms with Crippen molar-refractivity contribution in [3.8, 4) is 27.8 Å². The predicted molar refractivity (Wildman–Crippen MR) is 114 cm³/mol. The fraction of sp³-hybridized carbons (Fsp3) is 0.174. The molecule has 0 unspecified atom stereocenters. The zero-order valence-corrected chi connectivity index (χ0v) is 16.5. The maximum atomic E-state index is 10.6. The molecule has 146 valence electrons. The monoisotopic (exact) mass is 404 g/mol. The van der Waals surface area contributed by atoms with Crippen molar-refractivity contribution in [2.45, 2.75) is 13.1 Å². The first-order chi connectivity index (χ1) is 14.2. The van der Waals surface area contributed by atoms with Crippen LogP contribution < -0.4 is 4.74 Å². The lowest BCUT2D eigenvalue weighted by molar-refractivity contribution is 0.217. The van der Waals surface area contributed by atoms with Crippen molar-refractivity contribution in [3.63, 3.8) is 0 Å². The van der Waals surface area contributed by atoms with Crippen molar-refractivity contribution >= 4 is 21.6 Å². The molecule has 0 amide bonds. The van der Waals surface area contributed by atoms with Crippen molar-refractivity contribution in [2.75, 3.05) is 13.2 Å². The maximum Gasteiger partial charge on any atom is 0.165 e. The molecule has 1 aliphatic heterocycles. The average molecular weight is 404 g/mol. The van der Waals surface area contributed by atoms with E-state index in [-0.39, 0.29) is 11.5 Å². The first-order valence-corrected chi connectivity index (χ1v) is 10.3. The molecular weight excluding hydrogens is 384 g/mol. The predicted octanol–water partition coefficient (Wildman–Crippen LogP) is 4.77. The van der Waals surface area contributed by atoms with E-state index in [1.54, 1.807) is 29.5 Å². The minimum Gasteiger partial charge on any atom is -0.508 e. The summed E-state index contributed by atoms with van der Waals surface area (Å²) < 4.78 is 6.99. The molecule has 2 N–H and O–H groups in total. The Balaban J connectivity index is 1.47. The van der Waals surface area contributed by atoms with Crippen LogP contribution in [0.15, 0.2) is 60.7 Å². The number of hydrogen-bond acceptors (Lipinski definition) is 6. The molecule has 1 aromatic heterocycles. The summed E-state index contributed by atoms with van der Waals surface area (Å²) in [4.78, 5) is 7.00. The summed E-state index contributed by atoms with van der Waals surface area (Å²) >= 11 is 1.62. The smallest absolute Gasteiger partial charge is 0.165 e. The van der Waals surface area contributed by atoms with Gasteiger partial charge in [-0.15, -0.1) is 11.3 Å². The van der Waals surface area contributed by atoms with Gasteiger partial charge in [0, 0.05) is 30.8 Å². The molecule has 5 rings (SSSR count). The van der Waals surface area contributed by atoms with Crippen molar-refractivity contribution in [2.24, 2.45) is 0 Å². The van der Waals surface area contributed by atoms with E-state index < -0.39 is 0 Å². The van der Waals surface area contributed by atoms with Gasteiger partial charge in [0.2, 0.25) is 0 Å². The number of benzene rings is 3. The molecule has 4 aromatic rings. The van der Waals surface area contributed by atoms with E-state index in [1.807, 2.05) is 30.3 Å². The molecule has 0 atom stereocenters. The van der Waals surface area contributed by atoms with Crippen molar-refractivity contribution in [1.82, 2.24) is 9.88 Å². The lowest BCUT2D eigenvalue weighted by atomic mass is 10.1. The highest BCUT2D eigenvalue weighted by Gasteiger charge is 2.21. The molecule has 0 aliphatic carbocycles. The van der Waals surface area contributed by atoms with Crippen molar-refractivity contribution < 1.29 is 14.9 Å². The summed E-state index contributed by atoms with van der Waals surface area (Å²) in [6.45, 7) is 2.68. The van der Waals surface area contributed by atoms with Crippen LogP contribution in [-0.2, 0) is 13.1 Å². The zero-order chi connectivity index (χ0) is 19.8. The fourth-order valence-electron chi connectivity index (χ4n) is 3.67. The maximum absolute atomic E-state index is 10.6. The first kappa shape index (κ1) is 18.0. The van der Waals surface area contributed by atoms with Gasteiger partial charge in [-0.1, -0.05) is 24.3 Å². The van der Waals surface area contributed by atoms with Crippen LogP contribution in [0, 0.1) is 0 Å². The number of para-hydroxylation sites is 1. The highest BCUT2D eigenvalue weighted by atomic mass is 32.1. The van der Waals surface area contributed by atoms with E-state index in [2.05, 4.69) is 17.0 Å². The fourth-order valence-corrected chi connectivity index (χ4v) is 4.62. The summed E-state index contributed by atoms with van der Waals surface area (Å²) in [5, 5.41) is 21.0. The SMILES string of the molecule is Oc1ccc(CN2CCOc3c(O)cc(-c4nc5ccccc5s4)cc3C2)cc1. The highest BCUT2D eigenvalue weighted by Crippen LogP contribution is 2.39. The third-order valence-electron chi connectivity index (χ3n) is 5.08. The van der Waals surface area contributed by atoms with Gasteiger partial charge in [-0.05, 0) is 42.0 Å². The Morgan fingerprint density at radius 1 is 1.03 bits per heavy atom. The number of ether oxygens (including phenoxy) is 1. The number of phenolic OH excluding ortho intramolecular Hbond substituents is 2. The van der Waals surface area contributed by atoms with Gasteiger partial charge in [-0.25, -0.2) is 4.98 Å². The van der Waals surface area contributed by atoms with Crippen LogP contribution in [0.3, 0.4) is 0 Å². The van der Waals surface area contributed by atoms with E-state index in [1.165, 1.54) is 0 Å². The minimum atomic E-state index is 0.156. The van der Waals surface area contributed by atoms with Gasteiger partial charge in [0.25, 0.3) is 0 Å². The Morgan fingerprint density at radius 2 is 1.86 bits per heavy atom. The Hall–Kier alpha value is -3.09. The third-order valence-corrected chi connectivity index (χ3v) is 6.16. The number of thiazole rings is 1. The molecule has 0 fully saturated rings. The topological polar surface area (TPSA) is 65.8 Å². The summed E-state index contributed by atoms with van der Waals surface area (Å²) in [6.07, 6.45) is 0. The van der Waals surface area contributed by atoms with Crippen LogP contribution in [0.5, 0.6) is 17.2 Å². The van der Waals surface area contributed by atoms with Crippen LogP contribution in [0.25, 0.3) is 20.8 Å². The minimum absolute atomic E-state index is 0.156. The summed E-state index contributed by atoms with van der Waals surface area (Å²) in [7, 11) is 0. The molecule has 0 saturated carbocycles. The van der Waals surface area contributed by atoms with Crippen LogP contribution in [0.4, 0.5) is 0 Å². The van der Waals surface area contributed by atoms with Gasteiger partial charge in [0.05, 0.1) is 10.2 Å². The summed E-state index contributed by atoms with van der Waals surface area (Å²) in [5.41, 5.74) is 3.94. The Labute approximate surface area is 172 Å². The van der Waals surface area contributed by atoms with E-state index >= 15 is 0 Å². The molecule has 0 saturated heterocycles. The van der Waals surface area contributed by atoms with E-state index in [0.29, 0.717) is 18.9 Å². The van der Waals surface area contributed by atoms with Gasteiger partial charge >= 0.3 is 0 Å². The van der Waals surface area contributed by atoms with Gasteiger partial charge in [-0.3, -0.25) is 4.90 Å². The van der Waals surface area contributed by atoms with E-state index in [4.69, 9.17) is 9.72 Å². The molecule has 29 heavy (non-hydrogen) atoms. The second-order valence-electron chi connectivity index (χ2n) is 7.20. The molecule has 0 radical (unpaired) electrons. The second kappa shape index (κ2) is 7.39.